The lowest BCUT2D eigenvalue weighted by Crippen LogP contribution is -2.26. The molecule has 0 spiro atoms. The monoisotopic (exact) mass is 219 g/mol. The molecule has 1 aromatic carbocycles. The summed E-state index contributed by atoms with van der Waals surface area (Å²) in [6.45, 7) is 2.59. The summed E-state index contributed by atoms with van der Waals surface area (Å²) >= 11 is 0. The van der Waals surface area contributed by atoms with Gasteiger partial charge in [-0.25, -0.2) is 0 Å². The van der Waals surface area contributed by atoms with E-state index in [2.05, 4.69) is 29.6 Å². The first-order valence-corrected chi connectivity index (χ1v) is 6.30. The van der Waals surface area contributed by atoms with Gasteiger partial charge in [0.2, 0.25) is 0 Å². The van der Waals surface area contributed by atoms with E-state index in [0.29, 0.717) is 0 Å². The molecule has 1 aliphatic heterocycles. The molecule has 1 aliphatic rings. The zero-order valence-electron chi connectivity index (χ0n) is 9.78. The topological polar surface area (TPSA) is 32.3 Å². The second kappa shape index (κ2) is 6.02. The van der Waals surface area contributed by atoms with Crippen molar-refractivity contribution in [1.29, 1.82) is 0 Å². The van der Waals surface area contributed by atoms with Crippen molar-refractivity contribution < 1.29 is 5.11 Å². The van der Waals surface area contributed by atoms with Gasteiger partial charge in [-0.3, -0.25) is 0 Å². The summed E-state index contributed by atoms with van der Waals surface area (Å²) < 4.78 is 0. The molecule has 2 heteroatoms. The van der Waals surface area contributed by atoms with Gasteiger partial charge < -0.3 is 10.4 Å². The summed E-state index contributed by atoms with van der Waals surface area (Å²) in [5.41, 5.74) is 2.82. The van der Waals surface area contributed by atoms with Crippen LogP contribution in [0.15, 0.2) is 24.3 Å². The molecule has 2 rings (SSSR count). The number of aryl methyl sites for hydroxylation is 1. The summed E-state index contributed by atoms with van der Waals surface area (Å²) in [4.78, 5) is 0. The minimum atomic E-state index is 0.288. The van der Waals surface area contributed by atoms with E-state index in [1.807, 2.05) is 0 Å². The van der Waals surface area contributed by atoms with Crippen LogP contribution in [0.5, 0.6) is 0 Å². The van der Waals surface area contributed by atoms with Crippen LogP contribution in [0, 0.1) is 0 Å². The molecular weight excluding hydrogens is 198 g/mol. The van der Waals surface area contributed by atoms with Crippen molar-refractivity contribution in [3.63, 3.8) is 0 Å². The van der Waals surface area contributed by atoms with E-state index in [1.54, 1.807) is 0 Å². The lowest BCUT2D eigenvalue weighted by Gasteiger charge is -2.23. The van der Waals surface area contributed by atoms with Gasteiger partial charge in [-0.15, -0.1) is 0 Å². The van der Waals surface area contributed by atoms with Crippen molar-refractivity contribution in [3.05, 3.63) is 35.4 Å². The Morgan fingerprint density at radius 1 is 1.12 bits per heavy atom. The third kappa shape index (κ3) is 3.06. The molecule has 0 aliphatic carbocycles. The largest absolute Gasteiger partial charge is 0.396 e. The molecule has 0 saturated carbocycles. The lowest BCUT2D eigenvalue weighted by molar-refractivity contribution is 0.288. The van der Waals surface area contributed by atoms with Crippen LogP contribution in [-0.4, -0.2) is 24.8 Å². The predicted molar refractivity (Wildman–Crippen MR) is 66.7 cm³/mol. The number of benzene rings is 1. The van der Waals surface area contributed by atoms with Gasteiger partial charge in [0.05, 0.1) is 0 Å². The molecule has 0 aromatic heterocycles. The van der Waals surface area contributed by atoms with Crippen molar-refractivity contribution >= 4 is 0 Å². The SMILES string of the molecule is OCCCc1ccc(C2CCNCC2)cc1. The number of aliphatic hydroxyl groups excluding tert-OH is 1. The summed E-state index contributed by atoms with van der Waals surface area (Å²) in [7, 11) is 0. The van der Waals surface area contributed by atoms with Crippen molar-refractivity contribution in [3.8, 4) is 0 Å². The smallest absolute Gasteiger partial charge is 0.0434 e. The molecule has 1 heterocycles. The van der Waals surface area contributed by atoms with Crippen LogP contribution in [0.1, 0.15) is 36.3 Å². The number of hydrogen-bond donors (Lipinski definition) is 2. The Hall–Kier alpha value is -0.860. The molecule has 0 bridgehead atoms. The highest BCUT2D eigenvalue weighted by molar-refractivity contribution is 5.26. The third-order valence-corrected chi connectivity index (χ3v) is 3.41. The molecule has 2 nitrogen and oxygen atoms in total. The lowest BCUT2D eigenvalue weighted by atomic mass is 9.89. The first-order valence-electron chi connectivity index (χ1n) is 6.30. The molecule has 16 heavy (non-hydrogen) atoms. The number of nitrogens with one attached hydrogen (secondary N) is 1. The molecule has 0 amide bonds. The van der Waals surface area contributed by atoms with E-state index in [9.17, 15) is 0 Å². The molecule has 1 fully saturated rings. The van der Waals surface area contributed by atoms with Crippen LogP contribution in [0.3, 0.4) is 0 Å². The maximum atomic E-state index is 8.78. The molecule has 0 radical (unpaired) electrons. The van der Waals surface area contributed by atoms with Gasteiger partial charge in [0, 0.05) is 6.61 Å². The van der Waals surface area contributed by atoms with Gasteiger partial charge in [-0.1, -0.05) is 24.3 Å². The molecule has 1 aromatic rings. The number of rotatable bonds is 4. The summed E-state index contributed by atoms with van der Waals surface area (Å²) in [6, 6.07) is 8.96. The van der Waals surface area contributed by atoms with E-state index < -0.39 is 0 Å². The average molecular weight is 219 g/mol. The maximum Gasteiger partial charge on any atom is 0.0434 e. The average Bonchev–Trinajstić information content (AvgIpc) is 2.38. The Balaban J connectivity index is 1.95. The molecule has 1 saturated heterocycles. The van der Waals surface area contributed by atoms with Gasteiger partial charge >= 0.3 is 0 Å². The third-order valence-electron chi connectivity index (χ3n) is 3.41. The summed E-state index contributed by atoms with van der Waals surface area (Å²) in [5.74, 6) is 0.744. The van der Waals surface area contributed by atoms with Gasteiger partial charge in [0.25, 0.3) is 0 Å². The first kappa shape index (κ1) is 11.6. The Kier molecular flexibility index (Phi) is 4.37. The van der Waals surface area contributed by atoms with Gasteiger partial charge in [0.15, 0.2) is 0 Å². The molecular formula is C14H21NO. The van der Waals surface area contributed by atoms with Crippen molar-refractivity contribution in [2.75, 3.05) is 19.7 Å². The standard InChI is InChI=1S/C14H21NO/c16-11-1-2-12-3-5-13(6-4-12)14-7-9-15-10-8-14/h3-6,14-16H,1-2,7-11H2. The van der Waals surface area contributed by atoms with Crippen molar-refractivity contribution in [2.24, 2.45) is 0 Å². The maximum absolute atomic E-state index is 8.78. The molecule has 0 unspecified atom stereocenters. The van der Waals surface area contributed by atoms with Crippen LogP contribution in [-0.2, 0) is 6.42 Å². The highest BCUT2D eigenvalue weighted by Gasteiger charge is 2.14. The van der Waals surface area contributed by atoms with Crippen LogP contribution in [0.4, 0.5) is 0 Å². The predicted octanol–water partition coefficient (Wildman–Crippen LogP) is 2.08. The quantitative estimate of drug-likeness (QED) is 0.812. The Bertz CT molecular complexity index is 301. The van der Waals surface area contributed by atoms with Crippen LogP contribution < -0.4 is 5.32 Å². The van der Waals surface area contributed by atoms with Crippen molar-refractivity contribution in [1.82, 2.24) is 5.32 Å². The first-order chi connectivity index (χ1) is 7.90. The van der Waals surface area contributed by atoms with E-state index in [0.717, 1.165) is 31.8 Å². The van der Waals surface area contributed by atoms with Gasteiger partial charge in [0.1, 0.15) is 0 Å². The van der Waals surface area contributed by atoms with Crippen LogP contribution >= 0.6 is 0 Å². The van der Waals surface area contributed by atoms with E-state index in [-0.39, 0.29) is 6.61 Å². The Labute approximate surface area is 97.7 Å². The molecule has 0 atom stereocenters. The highest BCUT2D eigenvalue weighted by atomic mass is 16.2. The second-order valence-corrected chi connectivity index (χ2v) is 4.59. The number of hydrogen-bond acceptors (Lipinski definition) is 2. The minimum absolute atomic E-state index is 0.288. The Morgan fingerprint density at radius 2 is 1.81 bits per heavy atom. The normalized spacial score (nSPS) is 17.6. The van der Waals surface area contributed by atoms with Gasteiger partial charge in [-0.2, -0.15) is 0 Å². The fourth-order valence-corrected chi connectivity index (χ4v) is 2.39. The number of aliphatic hydroxyl groups is 1. The van der Waals surface area contributed by atoms with E-state index >= 15 is 0 Å². The molecule has 2 N–H and O–H groups in total. The second-order valence-electron chi connectivity index (χ2n) is 4.59. The summed E-state index contributed by atoms with van der Waals surface area (Å²) in [5, 5.41) is 12.2. The minimum Gasteiger partial charge on any atom is -0.396 e. The number of piperidine rings is 1. The Morgan fingerprint density at radius 3 is 2.44 bits per heavy atom. The van der Waals surface area contributed by atoms with Gasteiger partial charge in [-0.05, 0) is 55.8 Å². The van der Waals surface area contributed by atoms with E-state index in [4.69, 9.17) is 5.11 Å². The fraction of sp³-hybridized carbons (Fsp3) is 0.571. The highest BCUT2D eigenvalue weighted by Crippen LogP contribution is 2.25. The van der Waals surface area contributed by atoms with E-state index in [1.165, 1.54) is 24.0 Å². The molecule has 88 valence electrons. The fourth-order valence-electron chi connectivity index (χ4n) is 2.39. The van der Waals surface area contributed by atoms with Crippen molar-refractivity contribution in [2.45, 2.75) is 31.6 Å². The van der Waals surface area contributed by atoms with Crippen LogP contribution in [0.25, 0.3) is 0 Å². The summed E-state index contributed by atoms with van der Waals surface area (Å²) in [6.07, 6.45) is 4.38. The van der Waals surface area contributed by atoms with Crippen LogP contribution in [0.2, 0.25) is 0 Å². The zero-order chi connectivity index (χ0) is 11.2. The zero-order valence-corrected chi connectivity index (χ0v) is 9.78.